The lowest BCUT2D eigenvalue weighted by Gasteiger charge is -1.91. The third-order valence-electron chi connectivity index (χ3n) is 1.64. The van der Waals surface area contributed by atoms with E-state index in [0.29, 0.717) is 0 Å². The molecule has 0 aromatic rings. The maximum Gasteiger partial charge on any atom is -0.0443 e. The van der Waals surface area contributed by atoms with E-state index in [1.165, 1.54) is 31.3 Å². The van der Waals surface area contributed by atoms with E-state index in [9.17, 15) is 0 Å². The van der Waals surface area contributed by atoms with Gasteiger partial charge in [-0.3, -0.25) is 0 Å². The molecule has 12 heavy (non-hydrogen) atoms. The van der Waals surface area contributed by atoms with E-state index in [1.54, 1.807) is 0 Å². The minimum Gasteiger partial charge on any atom is -0.100 e. The Bertz CT molecular complexity index is 82.2. The molecule has 74 valence electrons. The van der Waals surface area contributed by atoms with Crippen LogP contribution in [0.2, 0.25) is 0 Å². The number of hydrogen-bond acceptors (Lipinski definition) is 0. The lowest BCUT2D eigenvalue weighted by Crippen LogP contribution is -1.78. The molecule has 0 aromatic heterocycles. The molecule has 0 bridgehead atoms. The van der Waals surface area contributed by atoms with Gasteiger partial charge in [-0.2, -0.15) is 0 Å². The molecule has 0 heteroatoms. The number of hydrogen-bond donors (Lipinski definition) is 0. The molecule has 0 spiro atoms. The fourth-order valence-corrected chi connectivity index (χ4v) is 1.13. The molecule has 0 saturated heterocycles. The molecular formula is C12H26. The summed E-state index contributed by atoms with van der Waals surface area (Å²) in [7, 11) is 0. The molecule has 0 aromatic carbocycles. The molecule has 1 aliphatic rings. The molecule has 1 rings (SSSR count). The van der Waals surface area contributed by atoms with Crippen LogP contribution in [-0.2, 0) is 0 Å². The lowest BCUT2D eigenvalue weighted by molar-refractivity contribution is 0.612. The Morgan fingerprint density at radius 2 is 1.33 bits per heavy atom. The average molecular weight is 170 g/mol. The highest BCUT2D eigenvalue weighted by Gasteiger charge is 2.07. The van der Waals surface area contributed by atoms with Crippen LogP contribution in [0.1, 0.15) is 60.3 Å². The van der Waals surface area contributed by atoms with E-state index >= 15 is 0 Å². The second-order valence-corrected chi connectivity index (χ2v) is 3.60. The van der Waals surface area contributed by atoms with E-state index in [0.717, 1.165) is 5.92 Å². The molecule has 1 aliphatic carbocycles. The van der Waals surface area contributed by atoms with Crippen molar-refractivity contribution in [2.75, 3.05) is 0 Å². The van der Waals surface area contributed by atoms with Gasteiger partial charge in [-0.05, 0) is 19.8 Å². The second-order valence-electron chi connectivity index (χ2n) is 3.60. The molecule has 0 N–H and O–H groups in total. The van der Waals surface area contributed by atoms with Crippen LogP contribution in [0.25, 0.3) is 0 Å². The Hall–Kier alpha value is -0.260. The van der Waals surface area contributed by atoms with Crippen molar-refractivity contribution in [3.05, 3.63) is 12.2 Å². The summed E-state index contributed by atoms with van der Waals surface area (Å²) in [5, 5.41) is 0. The first-order valence-electron chi connectivity index (χ1n) is 5.25. The average Bonchev–Trinajstić information content (AvgIpc) is 2.43. The van der Waals surface area contributed by atoms with Gasteiger partial charge in [0.1, 0.15) is 0 Å². The van der Waals surface area contributed by atoms with Gasteiger partial charge < -0.3 is 0 Å². The third-order valence-corrected chi connectivity index (χ3v) is 1.64. The van der Waals surface area contributed by atoms with Crippen LogP contribution in [-0.4, -0.2) is 0 Å². The number of rotatable bonds is 0. The highest BCUT2D eigenvalue weighted by Crippen LogP contribution is 2.22. The van der Waals surface area contributed by atoms with Crippen molar-refractivity contribution in [1.29, 1.82) is 0 Å². The fourth-order valence-electron chi connectivity index (χ4n) is 1.13. The number of allylic oxidation sites excluding steroid dienone is 1. The molecule has 0 atom stereocenters. The molecule has 0 radical (unpaired) electrons. The van der Waals surface area contributed by atoms with Crippen molar-refractivity contribution in [2.45, 2.75) is 60.3 Å². The first-order valence-corrected chi connectivity index (χ1v) is 5.25. The minimum absolute atomic E-state index is 1.05. The van der Waals surface area contributed by atoms with Crippen molar-refractivity contribution < 1.29 is 0 Å². The molecule has 1 fully saturated rings. The van der Waals surface area contributed by atoms with Crippen molar-refractivity contribution in [3.8, 4) is 0 Å². The van der Waals surface area contributed by atoms with Crippen LogP contribution in [0.4, 0.5) is 0 Å². The normalized spacial score (nSPS) is 15.4. The smallest absolute Gasteiger partial charge is 0.0443 e. The maximum absolute atomic E-state index is 3.56. The first-order chi connectivity index (χ1) is 5.63. The van der Waals surface area contributed by atoms with Crippen molar-refractivity contribution in [3.63, 3.8) is 0 Å². The molecule has 0 unspecified atom stereocenters. The lowest BCUT2D eigenvalue weighted by atomic mass is 10.2. The zero-order valence-corrected chi connectivity index (χ0v) is 9.61. The Morgan fingerprint density at radius 3 is 1.42 bits per heavy atom. The predicted octanol–water partition coefficient (Wildman–Crippen LogP) is 4.81. The summed E-state index contributed by atoms with van der Waals surface area (Å²) in [6.07, 6.45) is 5.95. The Balaban J connectivity index is 0. The Labute approximate surface area is 79.1 Å². The quantitative estimate of drug-likeness (QED) is 0.458. The predicted molar refractivity (Wildman–Crippen MR) is 59.5 cm³/mol. The minimum atomic E-state index is 1.05. The standard InChI is InChI=1S/C6H12.C4H8.C2H6/c1-6-4-2-3-5-6;1-4(2)3;1-2/h6H,2-5H2,1H3;1H2,2-3H3;1-2H3. The fraction of sp³-hybridized carbons (Fsp3) is 0.833. The summed E-state index contributed by atoms with van der Waals surface area (Å²) < 4.78 is 0. The van der Waals surface area contributed by atoms with Crippen LogP contribution < -0.4 is 0 Å². The van der Waals surface area contributed by atoms with Gasteiger partial charge in [-0.1, -0.05) is 52.0 Å². The molecule has 1 saturated carbocycles. The monoisotopic (exact) mass is 170 g/mol. The SMILES string of the molecule is C=C(C)C.CC.CC1CCCC1. The van der Waals surface area contributed by atoms with E-state index in [4.69, 9.17) is 0 Å². The van der Waals surface area contributed by atoms with Crippen LogP contribution in [0.3, 0.4) is 0 Å². The van der Waals surface area contributed by atoms with Crippen molar-refractivity contribution in [2.24, 2.45) is 5.92 Å². The van der Waals surface area contributed by atoms with Gasteiger partial charge in [0.05, 0.1) is 0 Å². The summed E-state index contributed by atoms with van der Waals surface area (Å²) >= 11 is 0. The van der Waals surface area contributed by atoms with E-state index in [2.05, 4.69) is 13.5 Å². The van der Waals surface area contributed by atoms with Crippen LogP contribution in [0, 0.1) is 5.92 Å². The van der Waals surface area contributed by atoms with Crippen LogP contribution in [0.15, 0.2) is 12.2 Å². The maximum atomic E-state index is 3.56. The van der Waals surface area contributed by atoms with E-state index in [-0.39, 0.29) is 0 Å². The highest BCUT2D eigenvalue weighted by molar-refractivity contribution is 4.78. The van der Waals surface area contributed by atoms with Gasteiger partial charge in [0.25, 0.3) is 0 Å². The van der Waals surface area contributed by atoms with Gasteiger partial charge in [-0.25, -0.2) is 0 Å². The Kier molecular flexibility index (Phi) is 12.8. The molecule has 0 aliphatic heterocycles. The van der Waals surface area contributed by atoms with Gasteiger partial charge >= 0.3 is 0 Å². The van der Waals surface area contributed by atoms with Crippen molar-refractivity contribution >= 4 is 0 Å². The topological polar surface area (TPSA) is 0 Å². The largest absolute Gasteiger partial charge is 0.100 e. The highest BCUT2D eigenvalue weighted by atomic mass is 14.1. The molecule has 0 heterocycles. The first kappa shape index (κ1) is 14.3. The Morgan fingerprint density at radius 1 is 1.08 bits per heavy atom. The van der Waals surface area contributed by atoms with Gasteiger partial charge in [0, 0.05) is 0 Å². The summed E-state index contributed by atoms with van der Waals surface area (Å²) in [4.78, 5) is 0. The summed E-state index contributed by atoms with van der Waals surface area (Å²) in [6.45, 7) is 13.8. The summed E-state index contributed by atoms with van der Waals surface area (Å²) in [5.41, 5.74) is 1.17. The molecule has 0 nitrogen and oxygen atoms in total. The molecule has 0 amide bonds. The van der Waals surface area contributed by atoms with Gasteiger partial charge in [-0.15, -0.1) is 6.58 Å². The van der Waals surface area contributed by atoms with Crippen LogP contribution in [0.5, 0.6) is 0 Å². The van der Waals surface area contributed by atoms with Crippen LogP contribution >= 0.6 is 0 Å². The van der Waals surface area contributed by atoms with Gasteiger partial charge in [0.15, 0.2) is 0 Å². The summed E-state index contributed by atoms with van der Waals surface area (Å²) in [6, 6.07) is 0. The zero-order valence-electron chi connectivity index (χ0n) is 9.61. The summed E-state index contributed by atoms with van der Waals surface area (Å²) in [5.74, 6) is 1.05. The second kappa shape index (κ2) is 10.7. The van der Waals surface area contributed by atoms with Gasteiger partial charge in [0.2, 0.25) is 0 Å². The van der Waals surface area contributed by atoms with Crippen molar-refractivity contribution in [1.82, 2.24) is 0 Å². The van der Waals surface area contributed by atoms with E-state index in [1.807, 2.05) is 27.7 Å². The third kappa shape index (κ3) is 16.4. The van der Waals surface area contributed by atoms with E-state index < -0.39 is 0 Å². The molecular weight excluding hydrogens is 144 g/mol. The zero-order chi connectivity index (χ0) is 9.98.